The average Bonchev–Trinajstić information content (AvgIpc) is 2.15. The average molecular weight is 250 g/mol. The summed E-state index contributed by atoms with van der Waals surface area (Å²) in [6.45, 7) is -2.95. The number of anilines is 1. The van der Waals surface area contributed by atoms with Crippen molar-refractivity contribution in [2.45, 2.75) is 13.0 Å². The first-order valence-electron chi connectivity index (χ1n) is 4.47. The fraction of sp³-hybridized carbons (Fsp3) is 0.300. The molecule has 2 N–H and O–H groups in total. The topological polar surface area (TPSA) is 52.3 Å². The molecule has 1 aromatic rings. The molecule has 0 aliphatic heterocycles. The number of hydrogen-bond donors (Lipinski definition) is 1. The molecule has 0 aromatic heterocycles. The number of carbonyl (C=O) groups excluding carboxylic acids is 1. The van der Waals surface area contributed by atoms with E-state index in [1.807, 2.05) is 0 Å². The summed E-state index contributed by atoms with van der Waals surface area (Å²) in [5.74, 6) is -0.229. The Morgan fingerprint density at radius 1 is 1.44 bits per heavy atom. The van der Waals surface area contributed by atoms with E-state index in [2.05, 4.69) is 4.74 Å². The van der Waals surface area contributed by atoms with Crippen molar-refractivity contribution in [2.24, 2.45) is 0 Å². The summed E-state index contributed by atoms with van der Waals surface area (Å²) in [6.07, 6.45) is 0.124. The molecular weight excluding hydrogens is 240 g/mol. The van der Waals surface area contributed by atoms with Crippen molar-refractivity contribution in [3.05, 3.63) is 23.8 Å². The van der Waals surface area contributed by atoms with Gasteiger partial charge >= 0.3 is 6.61 Å². The molecule has 1 rings (SSSR count). The zero-order valence-electron chi connectivity index (χ0n) is 8.25. The molecule has 3 nitrogen and oxygen atoms in total. The van der Waals surface area contributed by atoms with Crippen molar-refractivity contribution in [1.82, 2.24) is 0 Å². The second-order valence-corrected chi connectivity index (χ2v) is 3.41. The summed E-state index contributed by atoms with van der Waals surface area (Å²) < 4.78 is 28.1. The summed E-state index contributed by atoms with van der Waals surface area (Å²) in [5, 5.41) is 0. The standard InChI is InChI=1S/C10H10ClF2NO2/c11-2-1-9(15)6-3-7(14)5-8(4-6)16-10(12)13/h3-5,10H,1-2,14H2. The molecular formula is C10H10ClF2NO2. The number of nitrogen functional groups attached to an aromatic ring is 1. The molecule has 0 spiro atoms. The monoisotopic (exact) mass is 249 g/mol. The van der Waals surface area contributed by atoms with E-state index in [1.165, 1.54) is 18.2 Å². The predicted molar refractivity (Wildman–Crippen MR) is 57.2 cm³/mol. The zero-order chi connectivity index (χ0) is 12.1. The summed E-state index contributed by atoms with van der Waals surface area (Å²) in [6, 6.07) is 3.84. The van der Waals surface area contributed by atoms with Crippen LogP contribution in [0.5, 0.6) is 5.75 Å². The fourth-order valence-electron chi connectivity index (χ4n) is 1.18. The smallest absolute Gasteiger partial charge is 0.387 e. The largest absolute Gasteiger partial charge is 0.435 e. The molecule has 0 aliphatic rings. The highest BCUT2D eigenvalue weighted by molar-refractivity contribution is 6.19. The minimum absolute atomic E-state index is 0.124. The highest BCUT2D eigenvalue weighted by Gasteiger charge is 2.10. The van der Waals surface area contributed by atoms with E-state index in [1.54, 1.807) is 0 Å². The van der Waals surface area contributed by atoms with E-state index in [0.717, 1.165) is 0 Å². The van der Waals surface area contributed by atoms with Gasteiger partial charge in [0.15, 0.2) is 5.78 Å². The first-order valence-corrected chi connectivity index (χ1v) is 5.01. The quantitative estimate of drug-likeness (QED) is 0.496. The molecule has 0 radical (unpaired) electrons. The number of Topliss-reactive ketones (excluding diaryl/α,β-unsaturated/α-hetero) is 1. The van der Waals surface area contributed by atoms with Crippen molar-refractivity contribution >= 4 is 23.1 Å². The molecule has 16 heavy (non-hydrogen) atoms. The Kier molecular flexibility index (Phi) is 4.49. The Balaban J connectivity index is 2.93. The molecule has 88 valence electrons. The number of ketones is 1. The number of ether oxygens (including phenoxy) is 1. The molecule has 0 unspecified atom stereocenters. The maximum atomic E-state index is 12.0. The molecule has 0 amide bonds. The number of alkyl halides is 3. The van der Waals surface area contributed by atoms with E-state index in [-0.39, 0.29) is 35.1 Å². The van der Waals surface area contributed by atoms with Gasteiger partial charge in [-0.1, -0.05) is 0 Å². The number of rotatable bonds is 5. The molecule has 0 saturated carbocycles. The van der Waals surface area contributed by atoms with Gasteiger partial charge in [-0.3, -0.25) is 4.79 Å². The van der Waals surface area contributed by atoms with Gasteiger partial charge in [-0.15, -0.1) is 11.6 Å². The van der Waals surface area contributed by atoms with Gasteiger partial charge in [0, 0.05) is 29.6 Å². The minimum atomic E-state index is -2.95. The van der Waals surface area contributed by atoms with Gasteiger partial charge in [0.25, 0.3) is 0 Å². The Morgan fingerprint density at radius 2 is 2.12 bits per heavy atom. The Bertz CT molecular complexity index is 385. The summed E-state index contributed by atoms with van der Waals surface area (Å²) in [5.41, 5.74) is 5.87. The van der Waals surface area contributed by atoms with Gasteiger partial charge in [-0.25, -0.2) is 0 Å². The van der Waals surface area contributed by atoms with Crippen LogP contribution in [0.25, 0.3) is 0 Å². The normalized spacial score (nSPS) is 10.5. The van der Waals surface area contributed by atoms with Gasteiger partial charge in [-0.2, -0.15) is 8.78 Å². The van der Waals surface area contributed by atoms with Crippen LogP contribution in [-0.4, -0.2) is 18.3 Å². The van der Waals surface area contributed by atoms with Gasteiger partial charge in [0.05, 0.1) is 0 Å². The fourth-order valence-corrected chi connectivity index (χ4v) is 1.36. The SMILES string of the molecule is Nc1cc(OC(F)F)cc(C(=O)CCCl)c1. The molecule has 0 aliphatic carbocycles. The van der Waals surface area contributed by atoms with Gasteiger partial charge in [-0.05, 0) is 12.1 Å². The van der Waals surface area contributed by atoms with Crippen LogP contribution in [0.4, 0.5) is 14.5 Å². The summed E-state index contributed by atoms with van der Waals surface area (Å²) >= 11 is 5.41. The molecule has 0 saturated heterocycles. The first-order chi connectivity index (χ1) is 7.52. The van der Waals surface area contributed by atoms with Gasteiger partial charge in [0.2, 0.25) is 0 Å². The predicted octanol–water partition coefficient (Wildman–Crippen LogP) is 2.68. The summed E-state index contributed by atoms with van der Waals surface area (Å²) in [7, 11) is 0. The Hall–Kier alpha value is -1.36. The van der Waals surface area contributed by atoms with Gasteiger partial charge < -0.3 is 10.5 Å². The highest BCUT2D eigenvalue weighted by Crippen LogP contribution is 2.21. The molecule has 0 atom stereocenters. The summed E-state index contributed by atoms with van der Waals surface area (Å²) in [4.78, 5) is 11.5. The van der Waals surface area contributed by atoms with Crippen LogP contribution in [0.15, 0.2) is 18.2 Å². The number of carbonyl (C=O) groups is 1. The second kappa shape index (κ2) is 5.65. The van der Waals surface area contributed by atoms with E-state index in [9.17, 15) is 13.6 Å². The molecule has 6 heteroatoms. The Morgan fingerprint density at radius 3 is 2.69 bits per heavy atom. The molecule has 0 bridgehead atoms. The van der Waals surface area contributed by atoms with E-state index < -0.39 is 6.61 Å². The van der Waals surface area contributed by atoms with Crippen molar-refractivity contribution in [3.8, 4) is 5.75 Å². The van der Waals surface area contributed by atoms with Crippen LogP contribution in [-0.2, 0) is 0 Å². The van der Waals surface area contributed by atoms with Crippen molar-refractivity contribution in [3.63, 3.8) is 0 Å². The lowest BCUT2D eigenvalue weighted by Gasteiger charge is -2.07. The third kappa shape index (κ3) is 3.66. The van der Waals surface area contributed by atoms with E-state index in [0.29, 0.717) is 0 Å². The lowest BCUT2D eigenvalue weighted by Crippen LogP contribution is -2.05. The third-order valence-corrected chi connectivity index (χ3v) is 1.99. The minimum Gasteiger partial charge on any atom is -0.435 e. The zero-order valence-corrected chi connectivity index (χ0v) is 9.01. The van der Waals surface area contributed by atoms with Crippen LogP contribution >= 0.6 is 11.6 Å². The van der Waals surface area contributed by atoms with Crippen molar-refractivity contribution in [1.29, 1.82) is 0 Å². The van der Waals surface area contributed by atoms with Crippen LogP contribution in [0.1, 0.15) is 16.8 Å². The van der Waals surface area contributed by atoms with E-state index in [4.69, 9.17) is 17.3 Å². The van der Waals surface area contributed by atoms with Crippen molar-refractivity contribution in [2.75, 3.05) is 11.6 Å². The molecule has 1 aromatic carbocycles. The van der Waals surface area contributed by atoms with Crippen molar-refractivity contribution < 1.29 is 18.3 Å². The molecule has 0 heterocycles. The number of benzene rings is 1. The highest BCUT2D eigenvalue weighted by atomic mass is 35.5. The first kappa shape index (κ1) is 12.7. The second-order valence-electron chi connectivity index (χ2n) is 3.03. The number of nitrogens with two attached hydrogens (primary N) is 1. The number of halogens is 3. The third-order valence-electron chi connectivity index (χ3n) is 1.80. The van der Waals surface area contributed by atoms with Crippen LogP contribution < -0.4 is 10.5 Å². The lowest BCUT2D eigenvalue weighted by atomic mass is 10.1. The van der Waals surface area contributed by atoms with E-state index >= 15 is 0 Å². The van der Waals surface area contributed by atoms with Crippen LogP contribution in [0, 0.1) is 0 Å². The van der Waals surface area contributed by atoms with Crippen LogP contribution in [0.3, 0.4) is 0 Å². The number of hydrogen-bond acceptors (Lipinski definition) is 3. The lowest BCUT2D eigenvalue weighted by molar-refractivity contribution is -0.0498. The van der Waals surface area contributed by atoms with Gasteiger partial charge in [0.1, 0.15) is 5.75 Å². The molecule has 0 fully saturated rings. The maximum absolute atomic E-state index is 12.0. The maximum Gasteiger partial charge on any atom is 0.387 e. The van der Waals surface area contributed by atoms with Crippen LogP contribution in [0.2, 0.25) is 0 Å². The Labute approximate surface area is 96.1 Å².